The van der Waals surface area contributed by atoms with E-state index in [2.05, 4.69) is 5.32 Å². The van der Waals surface area contributed by atoms with Crippen LogP contribution >= 0.6 is 11.8 Å². The molecule has 1 aromatic rings. The summed E-state index contributed by atoms with van der Waals surface area (Å²) in [5.74, 6) is -2.00. The SMILES string of the molecule is CC(C)(C)C(=O)OCOC(=O)[C@@H]1N2C(=O)[C@@H](NC(=O)C(N)c3ccccc3)[C@H]2SC1(C)C.[NaH]. The minimum absolute atomic E-state index is 0. The number of carbonyl (C=O) groups is 4. The summed E-state index contributed by atoms with van der Waals surface area (Å²) in [6, 6.07) is 6.31. The Morgan fingerprint density at radius 1 is 1.18 bits per heavy atom. The van der Waals surface area contributed by atoms with Gasteiger partial charge in [0.05, 0.1) is 5.41 Å². The van der Waals surface area contributed by atoms with Crippen LogP contribution in [0.15, 0.2) is 30.3 Å². The van der Waals surface area contributed by atoms with Crippen molar-refractivity contribution in [2.45, 2.75) is 62.9 Å². The number of nitrogens with one attached hydrogen (secondary N) is 1. The van der Waals surface area contributed by atoms with Crippen molar-refractivity contribution < 1.29 is 28.7 Å². The van der Waals surface area contributed by atoms with Gasteiger partial charge in [-0.15, -0.1) is 11.8 Å². The molecule has 2 heterocycles. The summed E-state index contributed by atoms with van der Waals surface area (Å²) in [5.41, 5.74) is 5.94. The Labute approximate surface area is 219 Å². The van der Waals surface area contributed by atoms with Crippen molar-refractivity contribution in [2.24, 2.45) is 11.1 Å². The molecule has 0 radical (unpaired) electrons. The van der Waals surface area contributed by atoms with Crippen LogP contribution in [0, 0.1) is 5.41 Å². The minimum atomic E-state index is -0.907. The second-order valence-electron chi connectivity index (χ2n) is 9.40. The number of hydrogen-bond acceptors (Lipinski definition) is 8. The Kier molecular flexibility index (Phi) is 8.67. The average Bonchev–Trinajstić information content (AvgIpc) is 2.98. The number of hydrogen-bond donors (Lipinski definition) is 2. The molecule has 0 saturated carbocycles. The molecular weight excluding hydrogens is 457 g/mol. The third-order valence-corrected chi connectivity index (χ3v) is 6.98. The van der Waals surface area contributed by atoms with Gasteiger partial charge < -0.3 is 25.4 Å². The number of carbonyl (C=O) groups excluding carboxylic acids is 4. The van der Waals surface area contributed by atoms with Crippen molar-refractivity contribution in [2.75, 3.05) is 6.79 Å². The third kappa shape index (κ3) is 5.74. The van der Waals surface area contributed by atoms with Crippen molar-refractivity contribution in [1.82, 2.24) is 10.2 Å². The van der Waals surface area contributed by atoms with Gasteiger partial charge in [-0.1, -0.05) is 30.3 Å². The van der Waals surface area contributed by atoms with E-state index in [1.165, 1.54) is 16.7 Å². The van der Waals surface area contributed by atoms with E-state index in [4.69, 9.17) is 15.2 Å². The first-order valence-corrected chi connectivity index (χ1v) is 11.2. The molecule has 2 fully saturated rings. The van der Waals surface area contributed by atoms with E-state index in [0.717, 1.165) is 0 Å². The predicted octanol–water partition coefficient (Wildman–Crippen LogP) is 0.675. The number of nitrogens with zero attached hydrogens (tertiary/aromatic N) is 1. The van der Waals surface area contributed by atoms with E-state index in [0.29, 0.717) is 5.56 Å². The molecule has 0 aliphatic carbocycles. The first kappa shape index (κ1) is 27.7. The molecule has 2 aliphatic heterocycles. The zero-order chi connectivity index (χ0) is 23.8. The zero-order valence-corrected chi connectivity index (χ0v) is 19.6. The number of ether oxygens (including phenoxy) is 2. The van der Waals surface area contributed by atoms with Crippen molar-refractivity contribution in [1.29, 1.82) is 0 Å². The number of amides is 2. The summed E-state index contributed by atoms with van der Waals surface area (Å²) in [6.45, 7) is 8.20. The molecule has 3 rings (SSSR count). The molecule has 0 spiro atoms. The third-order valence-electron chi connectivity index (χ3n) is 5.41. The molecule has 3 N–H and O–H groups in total. The van der Waals surface area contributed by atoms with Gasteiger partial charge in [0.1, 0.15) is 23.5 Å². The van der Waals surface area contributed by atoms with Crippen molar-refractivity contribution in [3.05, 3.63) is 35.9 Å². The number of benzene rings is 1. The second-order valence-corrected chi connectivity index (χ2v) is 11.2. The monoisotopic (exact) mass is 487 g/mol. The molecule has 1 unspecified atom stereocenters. The standard InChI is InChI=1S/C22H29N3O6S.Na.H/c1-21(2,3)20(29)31-11-30-19(28)15-22(4,5)32-18-14(17(27)25(15)18)24-16(26)13(23)12-9-7-6-8-10-12;;/h6-10,13-15,18H,11,23H2,1-5H3,(H,24,26);;/t13?,14-,15+,18-;;/m1../s1. The Hall–Kier alpha value is -1.59. The molecule has 176 valence electrons. The fourth-order valence-electron chi connectivity index (χ4n) is 3.62. The molecule has 9 nitrogen and oxygen atoms in total. The van der Waals surface area contributed by atoms with Gasteiger partial charge in [-0.25, -0.2) is 4.79 Å². The average molecular weight is 488 g/mol. The number of nitrogens with two attached hydrogens (primary N) is 1. The van der Waals surface area contributed by atoms with Crippen LogP contribution in [0.3, 0.4) is 0 Å². The molecule has 0 bridgehead atoms. The van der Waals surface area contributed by atoms with Gasteiger partial charge in [0, 0.05) is 4.75 Å². The molecule has 2 saturated heterocycles. The normalized spacial score (nSPS) is 24.0. The number of thioether (sulfide) groups is 1. The molecule has 4 atom stereocenters. The van der Waals surface area contributed by atoms with Gasteiger partial charge in [-0.05, 0) is 40.2 Å². The van der Waals surface area contributed by atoms with Crippen LogP contribution in [0.5, 0.6) is 0 Å². The van der Waals surface area contributed by atoms with Crippen LogP contribution in [0.1, 0.15) is 46.2 Å². The Morgan fingerprint density at radius 3 is 2.36 bits per heavy atom. The maximum absolute atomic E-state index is 12.8. The van der Waals surface area contributed by atoms with Crippen molar-refractivity contribution >= 4 is 65.1 Å². The quantitative estimate of drug-likeness (QED) is 0.259. The summed E-state index contributed by atoms with van der Waals surface area (Å²) < 4.78 is 9.47. The summed E-state index contributed by atoms with van der Waals surface area (Å²) in [6.07, 6.45) is 0. The first-order valence-electron chi connectivity index (χ1n) is 10.3. The van der Waals surface area contributed by atoms with Gasteiger partial charge in [0.2, 0.25) is 18.6 Å². The first-order chi connectivity index (χ1) is 14.8. The predicted molar refractivity (Wildman–Crippen MR) is 125 cm³/mol. The van der Waals surface area contributed by atoms with Gasteiger partial charge >= 0.3 is 41.5 Å². The molecule has 11 heteroatoms. The van der Waals surface area contributed by atoms with Gasteiger partial charge in [-0.2, -0.15) is 0 Å². The van der Waals surface area contributed by atoms with E-state index in [-0.39, 0.29) is 35.5 Å². The number of rotatable bonds is 6. The Morgan fingerprint density at radius 2 is 1.79 bits per heavy atom. The summed E-state index contributed by atoms with van der Waals surface area (Å²) in [4.78, 5) is 51.4. The zero-order valence-electron chi connectivity index (χ0n) is 18.8. The molecule has 2 aliphatic rings. The maximum atomic E-state index is 12.8. The summed E-state index contributed by atoms with van der Waals surface area (Å²) >= 11 is 1.40. The molecule has 33 heavy (non-hydrogen) atoms. The van der Waals surface area contributed by atoms with Crippen LogP contribution in [0.25, 0.3) is 0 Å². The second kappa shape index (κ2) is 10.4. The number of fused-ring (bicyclic) bond motifs is 1. The van der Waals surface area contributed by atoms with Crippen LogP contribution in [-0.4, -0.2) is 87.2 Å². The van der Waals surface area contributed by atoms with Gasteiger partial charge in [0.15, 0.2) is 0 Å². The van der Waals surface area contributed by atoms with E-state index < -0.39 is 58.3 Å². The van der Waals surface area contributed by atoms with E-state index >= 15 is 0 Å². The number of β-lactam (4-membered cyclic amide) rings is 1. The summed E-state index contributed by atoms with van der Waals surface area (Å²) in [5, 5.41) is 2.29. The number of esters is 2. The Bertz CT molecular complexity index is 920. The van der Waals surface area contributed by atoms with E-state index in [1.54, 1.807) is 45.0 Å². The van der Waals surface area contributed by atoms with E-state index in [9.17, 15) is 19.2 Å². The van der Waals surface area contributed by atoms with Gasteiger partial charge in [-0.3, -0.25) is 14.4 Å². The van der Waals surface area contributed by atoms with Crippen molar-refractivity contribution in [3.8, 4) is 0 Å². The van der Waals surface area contributed by atoms with Gasteiger partial charge in [0.25, 0.3) is 0 Å². The molecule has 0 aromatic heterocycles. The van der Waals surface area contributed by atoms with Crippen LogP contribution in [0.4, 0.5) is 0 Å². The molecule has 1 aromatic carbocycles. The summed E-state index contributed by atoms with van der Waals surface area (Å²) in [7, 11) is 0. The fourth-order valence-corrected chi connectivity index (χ4v) is 5.24. The fraction of sp³-hybridized carbons (Fsp3) is 0.545. The van der Waals surface area contributed by atoms with Crippen LogP contribution < -0.4 is 11.1 Å². The van der Waals surface area contributed by atoms with Crippen LogP contribution in [0.2, 0.25) is 0 Å². The molecular formula is C22H30N3NaO6S. The molecule has 2 amide bonds. The Balaban J connectivity index is 0.00000385. The topological polar surface area (TPSA) is 128 Å². The van der Waals surface area contributed by atoms with E-state index in [1.807, 2.05) is 19.9 Å². The van der Waals surface area contributed by atoms with Crippen molar-refractivity contribution in [3.63, 3.8) is 0 Å². The van der Waals surface area contributed by atoms with Crippen LogP contribution in [-0.2, 0) is 28.7 Å².